The van der Waals surface area contributed by atoms with Crippen LogP contribution in [0.25, 0.3) is 0 Å². The fraction of sp³-hybridized carbons (Fsp3) is 0.600. The van der Waals surface area contributed by atoms with Gasteiger partial charge < -0.3 is 24.0 Å². The van der Waals surface area contributed by atoms with Gasteiger partial charge >= 0.3 is 19.5 Å². The molecule has 0 aliphatic carbocycles. The Balaban J connectivity index is 2.94. The largest absolute Gasteiger partial charge is 0.460 e. The summed E-state index contributed by atoms with van der Waals surface area (Å²) in [6, 6.07) is 5.14. The van der Waals surface area contributed by atoms with E-state index in [9.17, 15) is 14.2 Å². The number of hydrogen-bond acceptors (Lipinski definition) is 6. The monoisotopic (exact) mass is 430 g/mol. The molecule has 1 aromatic carbocycles. The van der Waals surface area contributed by atoms with Crippen LogP contribution in [0.5, 0.6) is 0 Å². The molecule has 2 N–H and O–H groups in total. The molecular weight excluding hydrogens is 399 g/mol. The second-order valence-electron chi connectivity index (χ2n) is 8.90. The molecule has 0 unspecified atom stereocenters. The van der Waals surface area contributed by atoms with Gasteiger partial charge in [-0.3, -0.25) is 14.2 Å². The van der Waals surface area contributed by atoms with E-state index in [1.165, 1.54) is 0 Å². The fourth-order valence-electron chi connectivity index (χ4n) is 2.04. The van der Waals surface area contributed by atoms with Crippen LogP contribution < -0.4 is 0 Å². The topological polar surface area (TPSA) is 119 Å². The summed E-state index contributed by atoms with van der Waals surface area (Å²) in [6.45, 7) is 10.4. The van der Waals surface area contributed by atoms with Gasteiger partial charge in [-0.25, -0.2) is 0 Å². The Hall–Kier alpha value is -1.73. The van der Waals surface area contributed by atoms with Crippen molar-refractivity contribution in [1.29, 1.82) is 0 Å². The van der Waals surface area contributed by atoms with E-state index < -0.39 is 24.8 Å². The van der Waals surface area contributed by atoms with Crippen molar-refractivity contribution in [2.24, 2.45) is 10.8 Å². The van der Waals surface area contributed by atoms with Crippen LogP contribution >= 0.6 is 7.60 Å². The first kappa shape index (κ1) is 25.3. The van der Waals surface area contributed by atoms with Crippen molar-refractivity contribution in [2.45, 2.75) is 61.4 Å². The number of benzene rings is 1. The summed E-state index contributed by atoms with van der Waals surface area (Å²) >= 11 is 0. The van der Waals surface area contributed by atoms with Gasteiger partial charge in [0.05, 0.1) is 17.4 Å². The van der Waals surface area contributed by atoms with Crippen molar-refractivity contribution in [3.8, 4) is 0 Å². The first-order chi connectivity index (χ1) is 13.1. The highest BCUT2D eigenvalue weighted by Crippen LogP contribution is 2.34. The molecule has 0 amide bonds. The molecule has 8 nitrogen and oxygen atoms in total. The Bertz CT molecular complexity index is 768. The molecule has 0 radical (unpaired) electrons. The van der Waals surface area contributed by atoms with Crippen LogP contribution in [0.3, 0.4) is 0 Å². The molecule has 164 valence electrons. The van der Waals surface area contributed by atoms with E-state index in [-0.39, 0.29) is 31.8 Å². The summed E-state index contributed by atoms with van der Waals surface area (Å²) in [5.74, 6) is -0.726. The molecule has 0 fully saturated rings. The van der Waals surface area contributed by atoms with Crippen molar-refractivity contribution in [1.82, 2.24) is 0 Å². The molecule has 0 spiro atoms. The maximum absolute atomic E-state index is 12.1. The first-order valence-electron chi connectivity index (χ1n) is 9.17. The van der Waals surface area contributed by atoms with Crippen LogP contribution in [0.4, 0.5) is 0 Å². The first-order valence-corrected chi connectivity index (χ1v) is 11.0. The zero-order valence-corrected chi connectivity index (χ0v) is 18.7. The van der Waals surface area contributed by atoms with Crippen molar-refractivity contribution in [2.75, 3.05) is 6.35 Å². The van der Waals surface area contributed by atoms with Crippen molar-refractivity contribution in [3.05, 3.63) is 34.9 Å². The predicted molar refractivity (Wildman–Crippen MR) is 107 cm³/mol. The highest BCUT2D eigenvalue weighted by atomic mass is 31.2. The maximum atomic E-state index is 12.1. The van der Waals surface area contributed by atoms with Crippen LogP contribution in [0.15, 0.2) is 18.2 Å². The van der Waals surface area contributed by atoms with Crippen LogP contribution in [0, 0.1) is 10.8 Å². The minimum atomic E-state index is -4.28. The maximum Gasteiger partial charge on any atom is 0.350 e. The molecule has 0 aliphatic heterocycles. The SMILES string of the molecule is CC(C)(C)C(=O)OCc1ccc(COCP(=O)(O)O)c(COC(=O)C(C)(C)C)c1. The minimum Gasteiger partial charge on any atom is -0.460 e. The second-order valence-corrected chi connectivity index (χ2v) is 10.5. The van der Waals surface area contributed by atoms with Gasteiger partial charge in [0, 0.05) is 0 Å². The number of esters is 2. The van der Waals surface area contributed by atoms with Gasteiger partial charge in [-0.15, -0.1) is 0 Å². The average molecular weight is 430 g/mol. The number of rotatable bonds is 8. The van der Waals surface area contributed by atoms with Crippen LogP contribution in [0.2, 0.25) is 0 Å². The predicted octanol–water partition coefficient (Wildman–Crippen LogP) is 3.52. The standard InChI is InChI=1S/C20H31O8P/c1-19(2,3)17(21)27-10-14-7-8-15(11-26-13-29(23,24)25)16(9-14)12-28-18(22)20(4,5)6/h7-9H,10-13H2,1-6H3,(H2,23,24,25). The van der Waals surface area contributed by atoms with E-state index in [4.69, 9.17) is 24.0 Å². The normalized spacial score (nSPS) is 12.6. The van der Waals surface area contributed by atoms with Gasteiger partial charge in [0.25, 0.3) is 0 Å². The quantitative estimate of drug-likeness (QED) is 0.475. The summed E-state index contributed by atoms with van der Waals surface area (Å²) in [5.41, 5.74) is 0.630. The van der Waals surface area contributed by atoms with Crippen molar-refractivity contribution >= 4 is 19.5 Å². The van der Waals surface area contributed by atoms with Gasteiger partial charge in [-0.1, -0.05) is 12.1 Å². The molecule has 0 aliphatic rings. The molecule has 0 aromatic heterocycles. The fourth-order valence-corrected chi connectivity index (χ4v) is 2.37. The molecule has 0 atom stereocenters. The lowest BCUT2D eigenvalue weighted by atomic mass is 9.97. The van der Waals surface area contributed by atoms with Gasteiger partial charge in [0.2, 0.25) is 0 Å². The van der Waals surface area contributed by atoms with E-state index in [0.29, 0.717) is 16.7 Å². The summed E-state index contributed by atoms with van der Waals surface area (Å²) in [4.78, 5) is 41.9. The van der Waals surface area contributed by atoms with Gasteiger partial charge in [0.15, 0.2) is 0 Å². The van der Waals surface area contributed by atoms with E-state index >= 15 is 0 Å². The summed E-state index contributed by atoms with van der Waals surface area (Å²) in [6.07, 6.45) is -0.709. The summed E-state index contributed by atoms with van der Waals surface area (Å²) in [7, 11) is -4.28. The second kappa shape index (κ2) is 9.85. The number of ether oxygens (including phenoxy) is 3. The smallest absolute Gasteiger partial charge is 0.350 e. The van der Waals surface area contributed by atoms with Crippen molar-refractivity contribution in [3.63, 3.8) is 0 Å². The third-order valence-corrected chi connectivity index (χ3v) is 4.26. The number of hydrogen-bond donors (Lipinski definition) is 2. The van der Waals surface area contributed by atoms with Crippen LogP contribution in [0.1, 0.15) is 58.2 Å². The van der Waals surface area contributed by atoms with Crippen LogP contribution in [-0.2, 0) is 48.2 Å². The molecule has 0 heterocycles. The lowest BCUT2D eigenvalue weighted by molar-refractivity contribution is -0.154. The summed E-state index contributed by atoms with van der Waals surface area (Å²) < 4.78 is 26.7. The zero-order valence-electron chi connectivity index (χ0n) is 17.9. The Morgan fingerprint density at radius 2 is 1.38 bits per heavy atom. The Morgan fingerprint density at radius 3 is 1.86 bits per heavy atom. The highest BCUT2D eigenvalue weighted by molar-refractivity contribution is 7.51. The van der Waals surface area contributed by atoms with Crippen molar-refractivity contribution < 1.29 is 38.2 Å². The molecule has 1 aromatic rings. The lowest BCUT2D eigenvalue weighted by Crippen LogP contribution is -2.23. The van der Waals surface area contributed by atoms with Crippen LogP contribution in [-0.4, -0.2) is 28.1 Å². The lowest BCUT2D eigenvalue weighted by Gasteiger charge is -2.19. The number of carbonyl (C=O) groups is 2. The van der Waals surface area contributed by atoms with E-state index in [2.05, 4.69) is 0 Å². The van der Waals surface area contributed by atoms with Gasteiger partial charge in [0.1, 0.15) is 19.6 Å². The third kappa shape index (κ3) is 9.54. The van der Waals surface area contributed by atoms with E-state index in [0.717, 1.165) is 0 Å². The molecule has 1 rings (SSSR count). The zero-order chi connectivity index (χ0) is 22.5. The Kier molecular flexibility index (Phi) is 8.59. The molecule has 0 saturated carbocycles. The third-order valence-electron chi connectivity index (χ3n) is 3.74. The molecule has 9 heteroatoms. The highest BCUT2D eigenvalue weighted by Gasteiger charge is 2.24. The Labute approximate surface area is 171 Å². The Morgan fingerprint density at radius 1 is 0.862 bits per heavy atom. The number of carbonyl (C=O) groups excluding carboxylic acids is 2. The van der Waals surface area contributed by atoms with E-state index in [1.807, 2.05) is 0 Å². The van der Waals surface area contributed by atoms with Gasteiger partial charge in [-0.2, -0.15) is 0 Å². The molecule has 29 heavy (non-hydrogen) atoms. The van der Waals surface area contributed by atoms with E-state index in [1.54, 1.807) is 59.7 Å². The molecule has 0 bridgehead atoms. The molecule has 0 saturated heterocycles. The minimum absolute atomic E-state index is 0.0359. The summed E-state index contributed by atoms with van der Waals surface area (Å²) in [5, 5.41) is 0. The average Bonchev–Trinajstić information content (AvgIpc) is 2.55. The molecular formula is C20H31O8P. The van der Waals surface area contributed by atoms with Gasteiger partial charge in [-0.05, 0) is 64.3 Å².